The van der Waals surface area contributed by atoms with Crippen LogP contribution in [0.3, 0.4) is 0 Å². The molecule has 0 heterocycles. The van der Waals surface area contributed by atoms with Crippen LogP contribution in [0.5, 0.6) is 0 Å². The molecule has 0 unspecified atom stereocenters. The van der Waals surface area contributed by atoms with Crippen LogP contribution in [0.4, 0.5) is 0 Å². The molecule has 0 saturated carbocycles. The second kappa shape index (κ2) is 1.55. The second-order valence-corrected chi connectivity index (χ2v) is 2.40. The molecule has 0 bridgehead atoms. The van der Waals surface area contributed by atoms with Gasteiger partial charge in [0.1, 0.15) is 0 Å². The van der Waals surface area contributed by atoms with Crippen molar-refractivity contribution in [2.75, 3.05) is 6.26 Å². The third-order valence-corrected chi connectivity index (χ3v) is 0.524. The van der Waals surface area contributed by atoms with Crippen molar-refractivity contribution in [3.05, 3.63) is 0 Å². The van der Waals surface area contributed by atoms with Crippen molar-refractivity contribution >= 4 is 10.1 Å². The fourth-order valence-corrected chi connectivity index (χ4v) is 0. The average molecular weight is 111 g/mol. The number of hydrogen-bond acceptors (Lipinski definition) is 4. The first-order valence-corrected chi connectivity index (χ1v) is 2.96. The Morgan fingerprint density at radius 2 is 1.83 bits per heavy atom. The van der Waals surface area contributed by atoms with Gasteiger partial charge >= 0.3 is 0 Å². The van der Waals surface area contributed by atoms with Crippen LogP contribution in [0.25, 0.3) is 0 Å². The minimum absolute atomic E-state index is 0.868. The van der Waals surface area contributed by atoms with E-state index >= 15 is 0 Å². The molecule has 38 valence electrons. The molecule has 0 rings (SSSR count). The third kappa shape index (κ3) is 3.87. The zero-order valence-corrected chi connectivity index (χ0v) is 4.03. The van der Waals surface area contributed by atoms with Crippen LogP contribution in [-0.4, -0.2) is 14.7 Å². The van der Waals surface area contributed by atoms with Gasteiger partial charge in [0.05, 0.1) is 6.26 Å². The Morgan fingerprint density at radius 3 is 1.83 bits per heavy atom. The second-order valence-electron chi connectivity index (χ2n) is 0.800. The van der Waals surface area contributed by atoms with Crippen LogP contribution in [-0.2, 0) is 14.4 Å². The smallest absolute Gasteiger partial charge is 0.198 e. The first-order valence-electron chi connectivity index (χ1n) is 1.14. The molecule has 0 fully saturated rings. The molecule has 5 heteroatoms. The van der Waals surface area contributed by atoms with Crippen molar-refractivity contribution in [3.63, 3.8) is 0 Å². The Morgan fingerprint density at radius 1 is 1.67 bits per heavy atom. The largest absolute Gasteiger partial charge is 0.280 e. The predicted molar refractivity (Wildman–Crippen MR) is 20.1 cm³/mol. The van der Waals surface area contributed by atoms with Gasteiger partial charge in [-0.15, -0.1) is 0 Å². The maximum absolute atomic E-state index is 9.65. The van der Waals surface area contributed by atoms with E-state index < -0.39 is 10.1 Å². The molecule has 0 aromatic carbocycles. The van der Waals surface area contributed by atoms with Gasteiger partial charge < -0.3 is 0 Å². The molecule has 0 amide bonds. The van der Waals surface area contributed by atoms with Crippen molar-refractivity contribution in [1.82, 2.24) is 0 Å². The molecule has 4 nitrogen and oxygen atoms in total. The Balaban J connectivity index is 3.85. The predicted octanol–water partition coefficient (Wildman–Crippen LogP) is -1.16. The topological polar surface area (TPSA) is 69.4 Å². The van der Waals surface area contributed by atoms with Gasteiger partial charge in [-0.3, -0.25) is 0 Å². The van der Waals surface area contributed by atoms with Gasteiger partial charge in [0.15, 0.2) is 0 Å². The quantitative estimate of drug-likeness (QED) is 0.433. The molecule has 0 aliphatic carbocycles. The van der Waals surface area contributed by atoms with Crippen molar-refractivity contribution in [3.8, 4) is 0 Å². The van der Waals surface area contributed by atoms with Gasteiger partial charge in [-0.1, -0.05) is 0 Å². The Labute approximate surface area is 36.0 Å². The molecule has 0 radical (unpaired) electrons. The minimum atomic E-state index is -3.38. The lowest BCUT2D eigenvalue weighted by atomic mass is 12.0. The van der Waals surface area contributed by atoms with Crippen LogP contribution >= 0.6 is 0 Å². The van der Waals surface area contributed by atoms with Crippen molar-refractivity contribution in [2.24, 2.45) is 5.90 Å². The number of nitrogens with two attached hydrogens (primary N) is 1. The van der Waals surface area contributed by atoms with Gasteiger partial charge in [0.2, 0.25) is 0 Å². The highest BCUT2D eigenvalue weighted by atomic mass is 32.2. The van der Waals surface area contributed by atoms with E-state index in [-0.39, 0.29) is 0 Å². The molecule has 6 heavy (non-hydrogen) atoms. The van der Waals surface area contributed by atoms with Crippen LogP contribution < -0.4 is 5.90 Å². The third-order valence-electron chi connectivity index (χ3n) is 0.175. The summed E-state index contributed by atoms with van der Waals surface area (Å²) in [5, 5.41) is 0. The van der Waals surface area contributed by atoms with Gasteiger partial charge in [0, 0.05) is 0 Å². The highest BCUT2D eigenvalue weighted by Gasteiger charge is 1.91. The summed E-state index contributed by atoms with van der Waals surface area (Å²) in [4.78, 5) is 0. The van der Waals surface area contributed by atoms with Crippen molar-refractivity contribution in [1.29, 1.82) is 0 Å². The minimum Gasteiger partial charge on any atom is -0.198 e. The highest BCUT2D eigenvalue weighted by Crippen LogP contribution is 1.72. The van der Waals surface area contributed by atoms with Gasteiger partial charge in [-0.05, 0) is 0 Å². The molecule has 0 spiro atoms. The van der Waals surface area contributed by atoms with E-state index in [9.17, 15) is 8.42 Å². The van der Waals surface area contributed by atoms with Gasteiger partial charge in [-0.25, -0.2) is 0 Å². The maximum atomic E-state index is 9.65. The molecule has 0 aromatic rings. The summed E-state index contributed by atoms with van der Waals surface area (Å²) in [6.45, 7) is 0. The molecule has 2 N–H and O–H groups in total. The summed E-state index contributed by atoms with van der Waals surface area (Å²) in [6, 6.07) is 0. The highest BCUT2D eigenvalue weighted by molar-refractivity contribution is 7.85. The van der Waals surface area contributed by atoms with Crippen LogP contribution in [0, 0.1) is 0 Å². The molecule has 0 aliphatic rings. The standard InChI is InChI=1S/CH5NO3S/c1-6(3,4)5-2/h2H2,1H3. The summed E-state index contributed by atoms with van der Waals surface area (Å²) in [6.07, 6.45) is 0.868. The summed E-state index contributed by atoms with van der Waals surface area (Å²) in [5.74, 6) is 4.22. The fraction of sp³-hybridized carbons (Fsp3) is 1.00. The van der Waals surface area contributed by atoms with E-state index in [2.05, 4.69) is 10.2 Å². The summed E-state index contributed by atoms with van der Waals surface area (Å²) >= 11 is 0. The van der Waals surface area contributed by atoms with Gasteiger partial charge in [-0.2, -0.15) is 18.6 Å². The van der Waals surface area contributed by atoms with E-state index in [4.69, 9.17) is 0 Å². The van der Waals surface area contributed by atoms with E-state index in [0.29, 0.717) is 0 Å². The number of hydrogen-bond donors (Lipinski definition) is 1. The zero-order valence-electron chi connectivity index (χ0n) is 3.21. The lowest BCUT2D eigenvalue weighted by molar-refractivity contribution is 0.337. The Kier molecular flexibility index (Phi) is 1.51. The maximum Gasteiger partial charge on any atom is 0.280 e. The molecular formula is CH5NO3S. The van der Waals surface area contributed by atoms with Gasteiger partial charge in [0.25, 0.3) is 10.1 Å². The van der Waals surface area contributed by atoms with E-state index in [0.717, 1.165) is 6.26 Å². The molecule has 0 aliphatic heterocycles. The summed E-state index contributed by atoms with van der Waals surface area (Å²) < 4.78 is 22.7. The van der Waals surface area contributed by atoms with Crippen LogP contribution in [0.1, 0.15) is 0 Å². The zero-order chi connectivity index (χ0) is 5.21. The normalized spacial score (nSPS) is 11.7. The molecular weight excluding hydrogens is 106 g/mol. The number of rotatable bonds is 1. The molecule has 0 aromatic heterocycles. The average Bonchev–Trinajstić information content (AvgIpc) is 1.35. The van der Waals surface area contributed by atoms with E-state index in [1.807, 2.05) is 0 Å². The summed E-state index contributed by atoms with van der Waals surface area (Å²) in [5.41, 5.74) is 0. The fourth-order valence-electron chi connectivity index (χ4n) is 0. The Bertz CT molecular complexity index is 113. The monoisotopic (exact) mass is 111 g/mol. The van der Waals surface area contributed by atoms with Crippen LogP contribution in [0.2, 0.25) is 0 Å². The lowest BCUT2D eigenvalue weighted by Gasteiger charge is -1.83. The van der Waals surface area contributed by atoms with Crippen molar-refractivity contribution in [2.45, 2.75) is 0 Å². The molecule has 0 atom stereocenters. The van der Waals surface area contributed by atoms with Crippen LogP contribution in [0.15, 0.2) is 0 Å². The van der Waals surface area contributed by atoms with E-state index in [1.54, 1.807) is 0 Å². The summed E-state index contributed by atoms with van der Waals surface area (Å²) in [7, 11) is -3.38. The van der Waals surface area contributed by atoms with E-state index in [1.165, 1.54) is 0 Å². The lowest BCUT2D eigenvalue weighted by Crippen LogP contribution is -2.07. The Hall–Kier alpha value is -0.130. The first kappa shape index (κ1) is 5.87. The molecule has 0 saturated heterocycles. The van der Waals surface area contributed by atoms with Crippen molar-refractivity contribution < 1.29 is 12.7 Å². The SMILES string of the molecule is CS(=O)(=O)ON. The first-order chi connectivity index (χ1) is 2.56.